The maximum absolute atomic E-state index is 11.7. The van der Waals surface area contributed by atoms with Gasteiger partial charge >= 0.3 is 0 Å². The molecule has 3 aliphatic rings. The van der Waals surface area contributed by atoms with E-state index in [0.29, 0.717) is 109 Å². The van der Waals surface area contributed by atoms with E-state index < -0.39 is 0 Å². The van der Waals surface area contributed by atoms with E-state index in [2.05, 4.69) is 92.7 Å². The number of rotatable bonds is 13. The van der Waals surface area contributed by atoms with Crippen molar-refractivity contribution >= 4 is 79.3 Å². The summed E-state index contributed by atoms with van der Waals surface area (Å²) in [5.41, 5.74) is 9.90. The molecule has 3 aliphatic heterocycles. The molecule has 0 bridgehead atoms. The van der Waals surface area contributed by atoms with Gasteiger partial charge in [-0.2, -0.15) is 15.3 Å². The molecule has 0 atom stereocenters. The Labute approximate surface area is 523 Å². The molecule has 0 aliphatic carbocycles. The SMILES string of the molecule is C#CC(=O)N1CCN(c2ccc(-c3cc(OCC)cn4ncc(Br)c34)cn2)CC1.C#CC(=O)N1CCN(c2ccc(-c3cc(OCC)cn4ncc(CC)c34)cn2)CC1.C#CC(=O)N1CCN(c2ccc(-c3cc(OCC)cn4ncc(Cl)c34)cn2)CC1. The highest BCUT2D eigenvalue weighted by Gasteiger charge is 2.25. The van der Waals surface area contributed by atoms with Crippen molar-refractivity contribution in [3.05, 3.63) is 125 Å². The van der Waals surface area contributed by atoms with Crippen LogP contribution in [0.15, 0.2) is 115 Å². The van der Waals surface area contributed by atoms with Crippen molar-refractivity contribution in [3.63, 3.8) is 0 Å². The van der Waals surface area contributed by atoms with Crippen LogP contribution in [-0.4, -0.2) is 175 Å². The molecule has 0 radical (unpaired) electrons. The van der Waals surface area contributed by atoms with Gasteiger partial charge in [-0.05, 0) is 121 Å². The predicted octanol–water partition coefficient (Wildman–Crippen LogP) is 8.21. The van der Waals surface area contributed by atoms with Crippen molar-refractivity contribution in [2.24, 2.45) is 0 Å². The van der Waals surface area contributed by atoms with Gasteiger partial charge in [-0.15, -0.1) is 19.3 Å². The van der Waals surface area contributed by atoms with Crippen molar-refractivity contribution in [1.29, 1.82) is 0 Å². The van der Waals surface area contributed by atoms with E-state index in [1.807, 2.05) is 111 Å². The van der Waals surface area contributed by atoms with Gasteiger partial charge in [0.05, 0.1) is 83.0 Å². The van der Waals surface area contributed by atoms with Gasteiger partial charge < -0.3 is 43.6 Å². The molecule has 3 amide bonds. The molecule has 450 valence electrons. The van der Waals surface area contributed by atoms with Crippen molar-refractivity contribution in [2.75, 3.05) is 113 Å². The lowest BCUT2D eigenvalue weighted by Gasteiger charge is -2.34. The van der Waals surface area contributed by atoms with Crippen LogP contribution in [0.4, 0.5) is 17.5 Å². The fraction of sp³-hybridized carbons (Fsp3) is 0.308. The third-order valence-corrected chi connectivity index (χ3v) is 16.1. The van der Waals surface area contributed by atoms with Crippen LogP contribution < -0.4 is 28.9 Å². The number of anilines is 3. The highest BCUT2D eigenvalue weighted by atomic mass is 79.9. The van der Waals surface area contributed by atoms with Gasteiger partial charge in [0.2, 0.25) is 0 Å². The van der Waals surface area contributed by atoms with Crippen molar-refractivity contribution in [2.45, 2.75) is 34.1 Å². The van der Waals surface area contributed by atoms with Crippen LogP contribution in [0.3, 0.4) is 0 Å². The zero-order valence-corrected chi connectivity index (χ0v) is 51.7. The van der Waals surface area contributed by atoms with Crippen molar-refractivity contribution < 1.29 is 28.6 Å². The number of terminal acetylenes is 3. The monoisotopic (exact) mass is 1270 g/mol. The van der Waals surface area contributed by atoms with Crippen LogP contribution in [0.25, 0.3) is 49.9 Å². The van der Waals surface area contributed by atoms with Gasteiger partial charge in [0, 0.05) is 131 Å². The maximum Gasteiger partial charge on any atom is 0.298 e. The van der Waals surface area contributed by atoms with Gasteiger partial charge in [0.1, 0.15) is 34.7 Å². The number of fused-ring (bicyclic) bond motifs is 3. The summed E-state index contributed by atoms with van der Waals surface area (Å²) in [4.78, 5) is 60.5. The Kier molecular flexibility index (Phi) is 19.6. The number of ether oxygens (including phenoxy) is 3. The number of carbonyl (C=O) groups excluding carboxylic acids is 3. The average molecular weight is 1270 g/mol. The third-order valence-electron chi connectivity index (χ3n) is 15.3. The minimum Gasteiger partial charge on any atom is -0.492 e. The van der Waals surface area contributed by atoms with E-state index >= 15 is 0 Å². The number of aromatic nitrogens is 9. The van der Waals surface area contributed by atoms with Crippen molar-refractivity contribution in [1.82, 2.24) is 58.5 Å². The van der Waals surface area contributed by atoms with Crippen LogP contribution in [0.5, 0.6) is 17.2 Å². The molecule has 23 heteroatoms. The normalized spacial score (nSPS) is 14.1. The molecular formula is C65H65BrClN15O6. The number of aryl methyl sites for hydroxylation is 1. The van der Waals surface area contributed by atoms with Crippen LogP contribution in [0.1, 0.15) is 33.3 Å². The molecule has 0 spiro atoms. The van der Waals surface area contributed by atoms with Gasteiger partial charge in [-0.25, -0.2) is 28.5 Å². The number of pyridine rings is 6. The molecule has 12 heterocycles. The molecule has 0 N–H and O–H groups in total. The molecule has 88 heavy (non-hydrogen) atoms. The summed E-state index contributed by atoms with van der Waals surface area (Å²) in [6.45, 7) is 17.6. The molecule has 0 unspecified atom stereocenters. The Morgan fingerprint density at radius 1 is 0.477 bits per heavy atom. The second kappa shape index (κ2) is 28.1. The van der Waals surface area contributed by atoms with E-state index in [-0.39, 0.29) is 17.7 Å². The quantitative estimate of drug-likeness (QED) is 0.100. The van der Waals surface area contributed by atoms with Crippen molar-refractivity contribution in [3.8, 4) is 87.7 Å². The highest BCUT2D eigenvalue weighted by molar-refractivity contribution is 9.10. The number of amides is 3. The van der Waals surface area contributed by atoms with Crippen LogP contribution in [-0.2, 0) is 20.8 Å². The standard InChI is InChI=1S/C23H25N5O2.C21H20BrN5O2.C21H20ClN5O2/c1-4-17-15-25-28-16-19(30-6-3)13-20(23(17)28)18-7-8-21(24-14-18)26-9-11-27(12-10-26)22(29)5-2;2*1-3-20(28)26-9-7-25(8-10-26)19-6-5-15(12-23-19)17-11-16(29-4-2)14-27-21(17)18(22)13-24-27/h2,7-8,13-16H,4,6,9-12H2,1,3H3;2*1,5-6,11-14H,4,7-10H2,2H3. The van der Waals surface area contributed by atoms with Gasteiger partial charge in [-0.3, -0.25) is 14.4 Å². The van der Waals surface area contributed by atoms with Gasteiger partial charge in [-0.1, -0.05) is 18.5 Å². The third kappa shape index (κ3) is 13.6. The first-order valence-electron chi connectivity index (χ1n) is 29.0. The number of piperazine rings is 3. The summed E-state index contributed by atoms with van der Waals surface area (Å²) < 4.78 is 23.4. The number of carbonyl (C=O) groups is 3. The van der Waals surface area contributed by atoms with Gasteiger partial charge in [0.25, 0.3) is 17.7 Å². The molecule has 9 aromatic heterocycles. The molecule has 9 aromatic rings. The Balaban J connectivity index is 0.000000146. The summed E-state index contributed by atoms with van der Waals surface area (Å²) in [6, 6.07) is 18.2. The zero-order valence-electron chi connectivity index (χ0n) is 49.4. The smallest absolute Gasteiger partial charge is 0.298 e. The van der Waals surface area contributed by atoms with E-state index in [9.17, 15) is 14.4 Å². The highest BCUT2D eigenvalue weighted by Crippen LogP contribution is 2.36. The molecule has 3 saturated heterocycles. The summed E-state index contributed by atoms with van der Waals surface area (Å²) >= 11 is 9.94. The summed E-state index contributed by atoms with van der Waals surface area (Å²) in [7, 11) is 0. The van der Waals surface area contributed by atoms with Crippen LogP contribution in [0.2, 0.25) is 5.02 Å². The molecule has 21 nitrogen and oxygen atoms in total. The first-order chi connectivity index (χ1) is 42.8. The average Bonchev–Trinajstić information content (AvgIpc) is 1.96. The second-order valence-electron chi connectivity index (χ2n) is 20.4. The second-order valence-corrected chi connectivity index (χ2v) is 21.7. The Morgan fingerprint density at radius 3 is 1.17 bits per heavy atom. The largest absolute Gasteiger partial charge is 0.492 e. The minimum atomic E-state index is -0.260. The Morgan fingerprint density at radius 2 is 0.818 bits per heavy atom. The first kappa shape index (κ1) is 61.3. The first-order valence-corrected chi connectivity index (χ1v) is 30.2. The lowest BCUT2D eigenvalue weighted by atomic mass is 10.0. The van der Waals surface area contributed by atoms with E-state index in [4.69, 9.17) is 50.1 Å². The van der Waals surface area contributed by atoms with E-state index in [1.54, 1.807) is 36.1 Å². The van der Waals surface area contributed by atoms with E-state index in [1.165, 1.54) is 5.56 Å². The van der Waals surface area contributed by atoms with Crippen LogP contribution in [0, 0.1) is 37.0 Å². The van der Waals surface area contributed by atoms with E-state index in [0.717, 1.165) is 89.8 Å². The number of halogens is 2. The van der Waals surface area contributed by atoms with Gasteiger partial charge in [0.15, 0.2) is 0 Å². The minimum absolute atomic E-state index is 0.247. The molecular weight excluding hydrogens is 1200 g/mol. The summed E-state index contributed by atoms with van der Waals surface area (Å²) in [5.74, 6) is 10.7. The molecule has 12 rings (SSSR count). The molecule has 0 saturated carbocycles. The lowest BCUT2D eigenvalue weighted by molar-refractivity contribution is -0.126. The Hall–Kier alpha value is -9.82. The fourth-order valence-corrected chi connectivity index (χ4v) is 11.5. The molecule has 0 aromatic carbocycles. The Bertz CT molecular complexity index is 3910. The number of nitrogens with zero attached hydrogens (tertiary/aromatic N) is 15. The lowest BCUT2D eigenvalue weighted by Crippen LogP contribution is -2.48. The maximum atomic E-state index is 11.7. The summed E-state index contributed by atoms with van der Waals surface area (Å²) in [6.07, 6.45) is 33.0. The summed E-state index contributed by atoms with van der Waals surface area (Å²) in [5, 5.41) is 13.7. The fourth-order valence-electron chi connectivity index (χ4n) is 10.8. The van der Waals surface area contributed by atoms with Crippen LogP contribution >= 0.6 is 27.5 Å². The number of hydrogen-bond acceptors (Lipinski definition) is 15. The number of hydrogen-bond donors (Lipinski definition) is 0. The topological polar surface area (TPSA) is 189 Å². The molecule has 3 fully saturated rings. The zero-order chi connectivity index (χ0) is 61.8. The predicted molar refractivity (Wildman–Crippen MR) is 344 cm³/mol.